The van der Waals surface area contributed by atoms with Crippen molar-refractivity contribution < 1.29 is 27.5 Å². The molecule has 146 valence electrons. The molecule has 8 heteroatoms. The molecule has 1 aromatic rings. The van der Waals surface area contributed by atoms with E-state index in [0.29, 0.717) is 12.8 Å². The first-order valence-electron chi connectivity index (χ1n) is 9.05. The van der Waals surface area contributed by atoms with E-state index >= 15 is 0 Å². The molecule has 0 saturated heterocycles. The SMILES string of the molecule is CS(=O)(=O)c1ccccc1NC(=O)COC(=O)C1C[C@H]2CCC[C@@H](C1)C2=O. The second-order valence-electron chi connectivity index (χ2n) is 7.32. The summed E-state index contributed by atoms with van der Waals surface area (Å²) in [7, 11) is -3.50. The molecule has 1 aromatic carbocycles. The van der Waals surface area contributed by atoms with E-state index in [0.717, 1.165) is 25.5 Å². The lowest BCUT2D eigenvalue weighted by atomic mass is 9.67. The van der Waals surface area contributed by atoms with E-state index in [1.54, 1.807) is 12.1 Å². The summed E-state index contributed by atoms with van der Waals surface area (Å²) in [5, 5.41) is 2.47. The van der Waals surface area contributed by atoms with Gasteiger partial charge in [-0.1, -0.05) is 18.6 Å². The van der Waals surface area contributed by atoms with Gasteiger partial charge in [0.05, 0.1) is 16.5 Å². The number of ether oxygens (including phenoxy) is 1. The maximum Gasteiger partial charge on any atom is 0.309 e. The number of amides is 1. The Balaban J connectivity index is 1.56. The fourth-order valence-electron chi connectivity index (χ4n) is 4.01. The molecule has 0 spiro atoms. The topological polar surface area (TPSA) is 107 Å². The standard InChI is InChI=1S/C19H23NO6S/c1-27(24,25)16-8-3-2-7-15(16)20-17(21)11-26-19(23)14-9-12-5-4-6-13(10-14)18(12)22/h2-3,7-8,12-14H,4-6,9-11H2,1H3,(H,20,21)/t12-,13+,14?. The summed E-state index contributed by atoms with van der Waals surface area (Å²) in [4.78, 5) is 36.5. The largest absolute Gasteiger partial charge is 0.455 e. The Bertz CT molecular complexity index is 847. The van der Waals surface area contributed by atoms with Crippen molar-refractivity contribution in [1.29, 1.82) is 0 Å². The highest BCUT2D eigenvalue weighted by atomic mass is 32.2. The predicted molar refractivity (Wildman–Crippen MR) is 97.7 cm³/mol. The van der Waals surface area contributed by atoms with Crippen molar-refractivity contribution in [2.24, 2.45) is 17.8 Å². The number of carbonyl (C=O) groups excluding carboxylic acids is 3. The van der Waals surface area contributed by atoms with Crippen LogP contribution in [-0.4, -0.2) is 38.9 Å². The average molecular weight is 393 g/mol. The number of anilines is 1. The number of hydrogen-bond donors (Lipinski definition) is 1. The van der Waals surface area contributed by atoms with E-state index in [1.165, 1.54) is 12.1 Å². The van der Waals surface area contributed by atoms with E-state index in [1.807, 2.05) is 0 Å². The van der Waals surface area contributed by atoms with Crippen LogP contribution in [0.2, 0.25) is 0 Å². The quantitative estimate of drug-likeness (QED) is 0.767. The van der Waals surface area contributed by atoms with Crippen LogP contribution in [0.4, 0.5) is 5.69 Å². The molecule has 2 saturated carbocycles. The highest BCUT2D eigenvalue weighted by Gasteiger charge is 2.41. The first-order chi connectivity index (χ1) is 12.8. The molecular formula is C19H23NO6S. The van der Waals surface area contributed by atoms with Crippen LogP contribution in [0.5, 0.6) is 0 Å². The molecule has 3 atom stereocenters. The molecule has 7 nitrogen and oxygen atoms in total. The highest BCUT2D eigenvalue weighted by Crippen LogP contribution is 2.40. The Morgan fingerprint density at radius 1 is 1.15 bits per heavy atom. The minimum absolute atomic E-state index is 0.00305. The van der Waals surface area contributed by atoms with E-state index < -0.39 is 28.3 Å². The number of carbonyl (C=O) groups is 3. The van der Waals surface area contributed by atoms with Crippen LogP contribution in [-0.2, 0) is 29.0 Å². The second-order valence-corrected chi connectivity index (χ2v) is 9.30. The Labute approximate surface area is 158 Å². The maximum atomic E-state index is 12.3. The van der Waals surface area contributed by atoms with Crippen molar-refractivity contribution in [2.75, 3.05) is 18.2 Å². The van der Waals surface area contributed by atoms with Gasteiger partial charge in [-0.05, 0) is 37.8 Å². The van der Waals surface area contributed by atoms with Crippen LogP contribution in [0.1, 0.15) is 32.1 Å². The highest BCUT2D eigenvalue weighted by molar-refractivity contribution is 7.90. The van der Waals surface area contributed by atoms with Crippen LogP contribution in [0.15, 0.2) is 29.2 Å². The van der Waals surface area contributed by atoms with E-state index in [-0.39, 0.29) is 34.1 Å². The van der Waals surface area contributed by atoms with Crippen LogP contribution < -0.4 is 5.32 Å². The van der Waals surface area contributed by atoms with Crippen LogP contribution in [0, 0.1) is 17.8 Å². The molecule has 2 aliphatic carbocycles. The Morgan fingerprint density at radius 3 is 2.41 bits per heavy atom. The summed E-state index contributed by atoms with van der Waals surface area (Å²) in [5.74, 6) is -1.29. The van der Waals surface area contributed by atoms with E-state index in [4.69, 9.17) is 4.74 Å². The third-order valence-corrected chi connectivity index (χ3v) is 6.44. The van der Waals surface area contributed by atoms with Crippen molar-refractivity contribution in [3.8, 4) is 0 Å². The van der Waals surface area contributed by atoms with Crippen molar-refractivity contribution >= 4 is 33.2 Å². The number of hydrogen-bond acceptors (Lipinski definition) is 6. The molecular weight excluding hydrogens is 370 g/mol. The second kappa shape index (κ2) is 7.80. The molecule has 0 radical (unpaired) electrons. The molecule has 27 heavy (non-hydrogen) atoms. The molecule has 2 fully saturated rings. The number of benzene rings is 1. The fraction of sp³-hybridized carbons (Fsp3) is 0.526. The summed E-state index contributed by atoms with van der Waals surface area (Å²) < 4.78 is 28.7. The summed E-state index contributed by atoms with van der Waals surface area (Å²) in [6.45, 7) is -0.489. The maximum absolute atomic E-state index is 12.3. The molecule has 0 aliphatic heterocycles. The molecule has 0 heterocycles. The zero-order valence-corrected chi connectivity index (χ0v) is 16.0. The zero-order valence-electron chi connectivity index (χ0n) is 15.1. The van der Waals surface area contributed by atoms with Gasteiger partial charge in [0, 0.05) is 18.1 Å². The summed E-state index contributed by atoms with van der Waals surface area (Å²) >= 11 is 0. The first kappa shape index (κ1) is 19.5. The van der Waals surface area contributed by atoms with E-state index in [2.05, 4.69) is 5.32 Å². The monoisotopic (exact) mass is 393 g/mol. The first-order valence-corrected chi connectivity index (χ1v) is 10.9. The Kier molecular flexibility index (Phi) is 5.64. The van der Waals surface area contributed by atoms with Crippen LogP contribution in [0.25, 0.3) is 0 Å². The zero-order chi connectivity index (χ0) is 19.6. The van der Waals surface area contributed by atoms with Gasteiger partial charge in [-0.3, -0.25) is 14.4 Å². The van der Waals surface area contributed by atoms with Gasteiger partial charge in [-0.25, -0.2) is 8.42 Å². The number of para-hydroxylation sites is 1. The van der Waals surface area contributed by atoms with Gasteiger partial charge in [0.15, 0.2) is 16.4 Å². The number of rotatable bonds is 5. The van der Waals surface area contributed by atoms with Gasteiger partial charge in [0.1, 0.15) is 5.78 Å². The molecule has 0 aromatic heterocycles. The van der Waals surface area contributed by atoms with Gasteiger partial charge in [-0.2, -0.15) is 0 Å². The van der Waals surface area contributed by atoms with Crippen molar-refractivity contribution in [3.63, 3.8) is 0 Å². The molecule has 1 unspecified atom stereocenters. The number of sulfone groups is 1. The molecule has 1 amide bonds. The van der Waals surface area contributed by atoms with Crippen molar-refractivity contribution in [3.05, 3.63) is 24.3 Å². The molecule has 2 aliphatic rings. The number of Topliss-reactive ketones (excluding diaryl/α,β-unsaturated/α-hetero) is 1. The number of fused-ring (bicyclic) bond motifs is 2. The fourth-order valence-corrected chi connectivity index (χ4v) is 4.85. The lowest BCUT2D eigenvalue weighted by Gasteiger charge is -2.36. The van der Waals surface area contributed by atoms with E-state index in [9.17, 15) is 22.8 Å². The van der Waals surface area contributed by atoms with Gasteiger partial charge in [-0.15, -0.1) is 0 Å². The van der Waals surface area contributed by atoms with Gasteiger partial charge in [0.25, 0.3) is 5.91 Å². The van der Waals surface area contributed by atoms with Crippen LogP contribution in [0.3, 0.4) is 0 Å². The Hall–Kier alpha value is -2.22. The number of ketones is 1. The number of esters is 1. The van der Waals surface area contributed by atoms with Crippen molar-refractivity contribution in [1.82, 2.24) is 0 Å². The smallest absolute Gasteiger partial charge is 0.309 e. The van der Waals surface area contributed by atoms with Gasteiger partial charge in [0.2, 0.25) is 0 Å². The predicted octanol–water partition coefficient (Wildman–Crippen LogP) is 1.97. The summed E-state index contributed by atoms with van der Waals surface area (Å²) in [6, 6.07) is 6.04. The third kappa shape index (κ3) is 4.55. The molecule has 1 N–H and O–H groups in total. The third-order valence-electron chi connectivity index (χ3n) is 5.29. The van der Waals surface area contributed by atoms with Gasteiger partial charge < -0.3 is 10.1 Å². The summed E-state index contributed by atoms with van der Waals surface area (Å²) in [6.07, 6.45) is 4.70. The van der Waals surface area contributed by atoms with Gasteiger partial charge >= 0.3 is 5.97 Å². The number of nitrogens with one attached hydrogen (secondary N) is 1. The van der Waals surface area contributed by atoms with Crippen molar-refractivity contribution in [2.45, 2.75) is 37.0 Å². The Morgan fingerprint density at radius 2 is 1.78 bits per heavy atom. The molecule has 2 bridgehead atoms. The lowest BCUT2D eigenvalue weighted by Crippen LogP contribution is -2.40. The summed E-state index contributed by atoms with van der Waals surface area (Å²) in [5.41, 5.74) is 0.152. The minimum atomic E-state index is -3.50. The van der Waals surface area contributed by atoms with Crippen LogP contribution >= 0.6 is 0 Å². The normalized spacial score (nSPS) is 24.9. The average Bonchev–Trinajstić information content (AvgIpc) is 2.59. The molecule has 3 rings (SSSR count). The lowest BCUT2D eigenvalue weighted by molar-refractivity contribution is -0.155. The minimum Gasteiger partial charge on any atom is -0.455 e.